The van der Waals surface area contributed by atoms with E-state index in [1.54, 1.807) is 12.4 Å². The predicted octanol–water partition coefficient (Wildman–Crippen LogP) is 0.710. The predicted molar refractivity (Wildman–Crippen MR) is 54.4 cm³/mol. The van der Waals surface area contributed by atoms with Gasteiger partial charge in [0.2, 0.25) is 12.2 Å². The van der Waals surface area contributed by atoms with Crippen LogP contribution in [0.5, 0.6) is 5.88 Å². The smallest absolute Gasteiger partial charge is 0.239 e. The quantitative estimate of drug-likeness (QED) is 0.777. The van der Waals surface area contributed by atoms with E-state index in [-0.39, 0.29) is 12.4 Å². The van der Waals surface area contributed by atoms with E-state index in [0.717, 1.165) is 5.69 Å². The summed E-state index contributed by atoms with van der Waals surface area (Å²) < 4.78 is 11.2. The van der Waals surface area contributed by atoms with Crippen LogP contribution >= 0.6 is 0 Å². The molecule has 2 rings (SSSR count). The van der Waals surface area contributed by atoms with Gasteiger partial charge in [-0.25, -0.2) is 4.98 Å². The van der Waals surface area contributed by atoms with E-state index in [9.17, 15) is 0 Å². The topological polar surface area (TPSA) is 56.3 Å². The summed E-state index contributed by atoms with van der Waals surface area (Å²) >= 11 is 0. The molecule has 1 aliphatic heterocycles. The highest BCUT2D eigenvalue weighted by Crippen LogP contribution is 2.16. The molecule has 1 aliphatic rings. The lowest BCUT2D eigenvalue weighted by Gasteiger charge is -2.18. The van der Waals surface area contributed by atoms with E-state index in [2.05, 4.69) is 15.3 Å². The van der Waals surface area contributed by atoms with Crippen LogP contribution in [0.2, 0.25) is 0 Å². The summed E-state index contributed by atoms with van der Waals surface area (Å²) in [6, 6.07) is 0. The summed E-state index contributed by atoms with van der Waals surface area (Å²) in [5.41, 5.74) is 0.826. The molecule has 0 aromatic carbocycles. The van der Waals surface area contributed by atoms with Crippen molar-refractivity contribution in [1.82, 2.24) is 15.3 Å². The molecule has 0 fully saturated rings. The Morgan fingerprint density at radius 1 is 1.47 bits per heavy atom. The van der Waals surface area contributed by atoms with Gasteiger partial charge >= 0.3 is 0 Å². The minimum Gasteiger partial charge on any atom is -0.445 e. The number of aromatic nitrogens is 2. The van der Waals surface area contributed by atoms with Crippen LogP contribution in [0.15, 0.2) is 12.4 Å². The third-order valence-corrected chi connectivity index (χ3v) is 2.01. The molecule has 0 aliphatic carbocycles. The maximum Gasteiger partial charge on any atom is 0.239 e. The van der Waals surface area contributed by atoms with Gasteiger partial charge in [0, 0.05) is 18.9 Å². The van der Waals surface area contributed by atoms with Crippen LogP contribution in [0.1, 0.15) is 19.5 Å². The van der Waals surface area contributed by atoms with Crippen molar-refractivity contribution in [2.45, 2.75) is 32.8 Å². The lowest BCUT2D eigenvalue weighted by Crippen LogP contribution is -2.33. The number of fused-ring (bicyclic) bond motifs is 1. The molecule has 5 heteroatoms. The molecule has 1 atom stereocenters. The number of nitrogens with zero attached hydrogens (tertiary/aromatic N) is 2. The van der Waals surface area contributed by atoms with Gasteiger partial charge in [0.05, 0.1) is 12.6 Å². The number of hydrogen-bond acceptors (Lipinski definition) is 5. The standard InChI is InChI=1S/C10H15N3O2/c1-7(2)14-9-6-11-5-8-10(15-9)13-4-3-12-8/h3-4,7,9,11H,5-6H2,1-2H3. The molecule has 15 heavy (non-hydrogen) atoms. The maximum absolute atomic E-state index is 5.61. The molecule has 1 unspecified atom stereocenters. The van der Waals surface area contributed by atoms with Crippen molar-refractivity contribution in [3.8, 4) is 5.88 Å². The monoisotopic (exact) mass is 209 g/mol. The summed E-state index contributed by atoms with van der Waals surface area (Å²) in [5.74, 6) is 0.563. The van der Waals surface area contributed by atoms with Crippen molar-refractivity contribution in [2.24, 2.45) is 0 Å². The second-order valence-electron chi connectivity index (χ2n) is 3.67. The lowest BCUT2D eigenvalue weighted by molar-refractivity contribution is -0.104. The number of rotatable bonds is 2. The fourth-order valence-electron chi connectivity index (χ4n) is 1.43. The van der Waals surface area contributed by atoms with Gasteiger partial charge in [-0.15, -0.1) is 0 Å². The summed E-state index contributed by atoms with van der Waals surface area (Å²) in [6.07, 6.45) is 3.13. The van der Waals surface area contributed by atoms with Crippen LogP contribution in [0.25, 0.3) is 0 Å². The Morgan fingerprint density at radius 2 is 2.27 bits per heavy atom. The van der Waals surface area contributed by atoms with E-state index in [0.29, 0.717) is 19.0 Å². The summed E-state index contributed by atoms with van der Waals surface area (Å²) in [6.45, 7) is 5.27. The first-order chi connectivity index (χ1) is 7.25. The van der Waals surface area contributed by atoms with Crippen molar-refractivity contribution in [2.75, 3.05) is 6.54 Å². The first-order valence-electron chi connectivity index (χ1n) is 5.08. The highest BCUT2D eigenvalue weighted by molar-refractivity contribution is 5.18. The molecule has 0 radical (unpaired) electrons. The van der Waals surface area contributed by atoms with Crippen molar-refractivity contribution in [1.29, 1.82) is 0 Å². The van der Waals surface area contributed by atoms with Gasteiger partial charge in [0.25, 0.3) is 0 Å². The van der Waals surface area contributed by atoms with Crippen LogP contribution in [-0.4, -0.2) is 28.9 Å². The van der Waals surface area contributed by atoms with Gasteiger partial charge in [-0.3, -0.25) is 4.98 Å². The van der Waals surface area contributed by atoms with E-state index < -0.39 is 0 Å². The average Bonchev–Trinajstić information content (AvgIpc) is 2.38. The Hall–Kier alpha value is -1.20. The average molecular weight is 209 g/mol. The first kappa shape index (κ1) is 10.3. The molecule has 5 nitrogen and oxygen atoms in total. The Bertz CT molecular complexity index is 330. The van der Waals surface area contributed by atoms with Crippen molar-refractivity contribution >= 4 is 0 Å². The largest absolute Gasteiger partial charge is 0.445 e. The Morgan fingerprint density at radius 3 is 3.07 bits per heavy atom. The van der Waals surface area contributed by atoms with Gasteiger partial charge in [-0.2, -0.15) is 0 Å². The molecule has 1 aromatic rings. The zero-order valence-electron chi connectivity index (χ0n) is 8.93. The molecule has 0 saturated carbocycles. The van der Waals surface area contributed by atoms with Gasteiger partial charge in [-0.05, 0) is 13.8 Å². The summed E-state index contributed by atoms with van der Waals surface area (Å²) in [7, 11) is 0. The number of nitrogens with one attached hydrogen (secondary N) is 1. The van der Waals surface area contributed by atoms with Gasteiger partial charge < -0.3 is 14.8 Å². The summed E-state index contributed by atoms with van der Waals surface area (Å²) in [4.78, 5) is 8.32. The molecule has 0 bridgehead atoms. The van der Waals surface area contributed by atoms with Gasteiger partial charge in [-0.1, -0.05) is 0 Å². The Labute approximate surface area is 88.8 Å². The highest BCUT2D eigenvalue weighted by atomic mass is 16.7. The third-order valence-electron chi connectivity index (χ3n) is 2.01. The molecule has 0 spiro atoms. The van der Waals surface area contributed by atoms with Crippen LogP contribution in [0.4, 0.5) is 0 Å². The normalized spacial score (nSPS) is 20.6. The minimum atomic E-state index is -0.289. The van der Waals surface area contributed by atoms with E-state index >= 15 is 0 Å². The van der Waals surface area contributed by atoms with Crippen LogP contribution in [-0.2, 0) is 11.3 Å². The fourth-order valence-corrected chi connectivity index (χ4v) is 1.43. The number of hydrogen-bond donors (Lipinski definition) is 1. The zero-order chi connectivity index (χ0) is 10.7. The van der Waals surface area contributed by atoms with E-state index in [1.165, 1.54) is 0 Å². The van der Waals surface area contributed by atoms with Crippen LogP contribution < -0.4 is 10.1 Å². The fraction of sp³-hybridized carbons (Fsp3) is 0.600. The number of ether oxygens (including phenoxy) is 2. The highest BCUT2D eigenvalue weighted by Gasteiger charge is 2.19. The molecular formula is C10H15N3O2. The summed E-state index contributed by atoms with van der Waals surface area (Å²) in [5, 5.41) is 3.21. The third kappa shape index (κ3) is 2.64. The molecule has 1 N–H and O–H groups in total. The second kappa shape index (κ2) is 4.55. The molecular weight excluding hydrogens is 194 g/mol. The molecule has 0 saturated heterocycles. The first-order valence-corrected chi connectivity index (χ1v) is 5.08. The molecule has 1 aromatic heterocycles. The van der Waals surface area contributed by atoms with Crippen LogP contribution in [0.3, 0.4) is 0 Å². The SMILES string of the molecule is CC(C)OC1CNCc2nccnc2O1. The van der Waals surface area contributed by atoms with Crippen molar-refractivity contribution in [3.63, 3.8) is 0 Å². The van der Waals surface area contributed by atoms with E-state index in [1.807, 2.05) is 13.8 Å². The molecule has 82 valence electrons. The second-order valence-corrected chi connectivity index (χ2v) is 3.67. The zero-order valence-corrected chi connectivity index (χ0v) is 8.93. The van der Waals surface area contributed by atoms with Gasteiger partial charge in [0.1, 0.15) is 5.69 Å². The minimum absolute atomic E-state index is 0.134. The van der Waals surface area contributed by atoms with E-state index in [4.69, 9.17) is 9.47 Å². The molecule has 0 amide bonds. The Kier molecular flexibility index (Phi) is 3.13. The Balaban J connectivity index is 2.10. The van der Waals surface area contributed by atoms with Crippen LogP contribution in [0, 0.1) is 0 Å². The van der Waals surface area contributed by atoms with Crippen molar-refractivity contribution < 1.29 is 9.47 Å². The molecule has 2 heterocycles. The maximum atomic E-state index is 5.61. The van der Waals surface area contributed by atoms with Crippen molar-refractivity contribution in [3.05, 3.63) is 18.1 Å². The lowest BCUT2D eigenvalue weighted by atomic mass is 10.4. The van der Waals surface area contributed by atoms with Gasteiger partial charge in [0.15, 0.2) is 0 Å².